The van der Waals surface area contributed by atoms with E-state index in [1.165, 1.54) is 21.9 Å². The first kappa shape index (κ1) is 14.7. The molecule has 110 valence electrons. The van der Waals surface area contributed by atoms with E-state index in [0.717, 1.165) is 23.5 Å². The summed E-state index contributed by atoms with van der Waals surface area (Å²) in [7, 11) is 0. The fourth-order valence-electron chi connectivity index (χ4n) is 2.59. The van der Waals surface area contributed by atoms with E-state index in [9.17, 15) is 0 Å². The number of rotatable bonds is 4. The minimum Gasteiger partial charge on any atom is -0.372 e. The van der Waals surface area contributed by atoms with E-state index in [1.54, 1.807) is 0 Å². The van der Waals surface area contributed by atoms with Crippen LogP contribution in [0.4, 0.5) is 0 Å². The molecule has 2 heteroatoms. The number of fused-ring (bicyclic) bond motifs is 1. The standard InChI is InChI=1S/C20H19NS/c1-2-15-10-12-16(13-11-15)14-21-20(22)19-9-5-7-17-6-3-4-8-18(17)19/h3-13H,2,14H2,1H3,(H,21,22). The van der Waals surface area contributed by atoms with Crippen LogP contribution < -0.4 is 5.32 Å². The van der Waals surface area contributed by atoms with E-state index in [1.807, 2.05) is 0 Å². The first-order chi connectivity index (χ1) is 10.8. The predicted octanol–water partition coefficient (Wildman–Crippen LogP) is 4.87. The summed E-state index contributed by atoms with van der Waals surface area (Å²) in [6.07, 6.45) is 1.07. The fraction of sp³-hybridized carbons (Fsp3) is 0.150. The van der Waals surface area contributed by atoms with Gasteiger partial charge in [-0.25, -0.2) is 0 Å². The highest BCUT2D eigenvalue weighted by Gasteiger charge is 2.05. The lowest BCUT2D eigenvalue weighted by molar-refractivity contribution is 0.927. The Morgan fingerprint density at radius 3 is 2.32 bits per heavy atom. The second kappa shape index (κ2) is 6.71. The van der Waals surface area contributed by atoms with Crippen LogP contribution in [0.3, 0.4) is 0 Å². The summed E-state index contributed by atoms with van der Waals surface area (Å²) in [5.41, 5.74) is 3.71. The Morgan fingerprint density at radius 1 is 0.864 bits per heavy atom. The van der Waals surface area contributed by atoms with Gasteiger partial charge in [-0.3, -0.25) is 0 Å². The van der Waals surface area contributed by atoms with Gasteiger partial charge in [-0.05, 0) is 28.3 Å². The molecular formula is C20H19NS. The summed E-state index contributed by atoms with van der Waals surface area (Å²) < 4.78 is 0. The van der Waals surface area contributed by atoms with Gasteiger partial charge in [0.2, 0.25) is 0 Å². The van der Waals surface area contributed by atoms with Gasteiger partial charge in [0.15, 0.2) is 0 Å². The molecule has 0 saturated heterocycles. The Bertz CT molecular complexity index is 785. The topological polar surface area (TPSA) is 12.0 Å². The summed E-state index contributed by atoms with van der Waals surface area (Å²) in [6.45, 7) is 2.93. The molecule has 0 heterocycles. The van der Waals surface area contributed by atoms with Crippen LogP contribution in [0.15, 0.2) is 66.7 Å². The fourth-order valence-corrected chi connectivity index (χ4v) is 2.84. The average molecular weight is 305 g/mol. The number of hydrogen-bond acceptors (Lipinski definition) is 1. The van der Waals surface area contributed by atoms with Crippen LogP contribution in [0.2, 0.25) is 0 Å². The number of nitrogens with one attached hydrogen (secondary N) is 1. The molecule has 1 N–H and O–H groups in total. The van der Waals surface area contributed by atoms with Crippen LogP contribution in [-0.4, -0.2) is 4.99 Å². The maximum Gasteiger partial charge on any atom is 0.107 e. The Labute approximate surface area is 137 Å². The van der Waals surface area contributed by atoms with E-state index in [-0.39, 0.29) is 0 Å². The predicted molar refractivity (Wildman–Crippen MR) is 98.3 cm³/mol. The van der Waals surface area contributed by atoms with Gasteiger partial charge in [0.05, 0.1) is 0 Å². The van der Waals surface area contributed by atoms with Gasteiger partial charge in [0.1, 0.15) is 4.99 Å². The lowest BCUT2D eigenvalue weighted by Crippen LogP contribution is -2.21. The molecule has 3 aromatic carbocycles. The lowest BCUT2D eigenvalue weighted by Gasteiger charge is -2.11. The number of benzene rings is 3. The van der Waals surface area contributed by atoms with Crippen molar-refractivity contribution < 1.29 is 0 Å². The molecule has 0 aliphatic carbocycles. The maximum atomic E-state index is 5.58. The molecule has 0 aliphatic rings. The second-order valence-corrected chi connectivity index (χ2v) is 5.79. The molecule has 0 fully saturated rings. The van der Waals surface area contributed by atoms with E-state index in [4.69, 9.17) is 12.2 Å². The molecule has 0 radical (unpaired) electrons. The first-order valence-electron chi connectivity index (χ1n) is 7.61. The summed E-state index contributed by atoms with van der Waals surface area (Å²) in [5.74, 6) is 0. The summed E-state index contributed by atoms with van der Waals surface area (Å²) in [6, 6.07) is 23.3. The van der Waals surface area contributed by atoms with Crippen molar-refractivity contribution in [1.82, 2.24) is 5.32 Å². The Balaban J connectivity index is 1.75. The third kappa shape index (κ3) is 3.18. The molecule has 3 rings (SSSR count). The van der Waals surface area contributed by atoms with Crippen LogP contribution in [-0.2, 0) is 13.0 Å². The van der Waals surface area contributed by atoms with Crippen molar-refractivity contribution in [2.45, 2.75) is 19.9 Å². The summed E-state index contributed by atoms with van der Waals surface area (Å²) in [5, 5.41) is 5.79. The van der Waals surface area contributed by atoms with Crippen molar-refractivity contribution in [3.63, 3.8) is 0 Å². The SMILES string of the molecule is CCc1ccc(CNC(=S)c2cccc3ccccc23)cc1. The molecule has 22 heavy (non-hydrogen) atoms. The highest BCUT2D eigenvalue weighted by atomic mass is 32.1. The number of aryl methyl sites for hydroxylation is 1. The minimum atomic E-state index is 0.756. The van der Waals surface area contributed by atoms with Crippen molar-refractivity contribution in [3.8, 4) is 0 Å². The lowest BCUT2D eigenvalue weighted by atomic mass is 10.0. The Hall–Kier alpha value is -2.19. The molecule has 0 aliphatic heterocycles. The van der Waals surface area contributed by atoms with E-state index in [2.05, 4.69) is 79.0 Å². The Morgan fingerprint density at radius 2 is 1.55 bits per heavy atom. The van der Waals surface area contributed by atoms with Crippen LogP contribution in [0.25, 0.3) is 10.8 Å². The highest BCUT2D eigenvalue weighted by molar-refractivity contribution is 7.80. The number of hydrogen-bond donors (Lipinski definition) is 1. The van der Waals surface area contributed by atoms with Crippen LogP contribution in [0, 0.1) is 0 Å². The zero-order chi connectivity index (χ0) is 15.4. The first-order valence-corrected chi connectivity index (χ1v) is 8.02. The van der Waals surface area contributed by atoms with Gasteiger partial charge in [-0.2, -0.15) is 0 Å². The van der Waals surface area contributed by atoms with E-state index in [0.29, 0.717) is 0 Å². The summed E-state index contributed by atoms with van der Waals surface area (Å²) >= 11 is 5.58. The molecule has 0 spiro atoms. The average Bonchev–Trinajstić information content (AvgIpc) is 2.59. The van der Waals surface area contributed by atoms with E-state index >= 15 is 0 Å². The van der Waals surface area contributed by atoms with E-state index < -0.39 is 0 Å². The summed E-state index contributed by atoms with van der Waals surface area (Å²) in [4.78, 5) is 0.802. The second-order valence-electron chi connectivity index (χ2n) is 5.38. The highest BCUT2D eigenvalue weighted by Crippen LogP contribution is 2.19. The van der Waals surface area contributed by atoms with Gasteiger partial charge >= 0.3 is 0 Å². The normalized spacial score (nSPS) is 10.6. The van der Waals surface area contributed by atoms with Crippen molar-refractivity contribution in [3.05, 3.63) is 83.4 Å². The quantitative estimate of drug-likeness (QED) is 0.690. The Kier molecular flexibility index (Phi) is 4.50. The van der Waals surface area contributed by atoms with Crippen molar-refractivity contribution >= 4 is 28.0 Å². The smallest absolute Gasteiger partial charge is 0.107 e. The van der Waals surface area contributed by atoms with Gasteiger partial charge in [-0.15, -0.1) is 0 Å². The van der Waals surface area contributed by atoms with Crippen LogP contribution >= 0.6 is 12.2 Å². The monoisotopic (exact) mass is 305 g/mol. The molecule has 0 bridgehead atoms. The molecule has 0 amide bonds. The molecule has 0 aromatic heterocycles. The maximum absolute atomic E-state index is 5.58. The molecule has 0 saturated carbocycles. The van der Waals surface area contributed by atoms with Gasteiger partial charge in [-0.1, -0.05) is 85.9 Å². The van der Waals surface area contributed by atoms with Crippen LogP contribution in [0.5, 0.6) is 0 Å². The van der Waals surface area contributed by atoms with Gasteiger partial charge in [0.25, 0.3) is 0 Å². The molecule has 0 unspecified atom stereocenters. The minimum absolute atomic E-state index is 0.756. The largest absolute Gasteiger partial charge is 0.372 e. The van der Waals surface area contributed by atoms with Gasteiger partial charge < -0.3 is 5.32 Å². The third-order valence-electron chi connectivity index (χ3n) is 3.92. The molecule has 0 atom stereocenters. The van der Waals surface area contributed by atoms with Gasteiger partial charge in [0, 0.05) is 12.1 Å². The molecule has 3 aromatic rings. The van der Waals surface area contributed by atoms with Crippen molar-refractivity contribution in [2.24, 2.45) is 0 Å². The number of thiocarbonyl (C=S) groups is 1. The zero-order valence-electron chi connectivity index (χ0n) is 12.7. The zero-order valence-corrected chi connectivity index (χ0v) is 13.5. The third-order valence-corrected chi connectivity index (χ3v) is 4.28. The van der Waals surface area contributed by atoms with Crippen LogP contribution in [0.1, 0.15) is 23.6 Å². The van der Waals surface area contributed by atoms with Crippen molar-refractivity contribution in [1.29, 1.82) is 0 Å². The molecular weight excluding hydrogens is 286 g/mol. The molecule has 1 nitrogen and oxygen atoms in total. The van der Waals surface area contributed by atoms with Crippen molar-refractivity contribution in [2.75, 3.05) is 0 Å².